The van der Waals surface area contributed by atoms with E-state index in [9.17, 15) is 14.6 Å². The zero-order chi connectivity index (χ0) is 23.5. The van der Waals surface area contributed by atoms with Crippen molar-refractivity contribution in [3.63, 3.8) is 0 Å². The molecule has 2 fully saturated rings. The van der Waals surface area contributed by atoms with E-state index >= 15 is 0 Å². The average molecular weight is 495 g/mol. The summed E-state index contributed by atoms with van der Waals surface area (Å²) in [4.78, 5) is 12.8. The lowest BCUT2D eigenvalue weighted by molar-refractivity contribution is -0.156. The monoisotopic (exact) mass is 494 g/mol. The van der Waals surface area contributed by atoms with Crippen LogP contribution in [0.4, 0.5) is 10.3 Å². The second-order valence-electron chi connectivity index (χ2n) is 8.73. The Morgan fingerprint density at radius 3 is 2.76 bits per heavy atom. The number of hydrogen-bond donors (Lipinski definition) is 3. The van der Waals surface area contributed by atoms with Crippen LogP contribution in [0, 0.1) is 5.82 Å². The Kier molecular flexibility index (Phi) is 5.67. The zero-order valence-electron chi connectivity index (χ0n) is 17.7. The molecule has 0 aliphatic carbocycles. The van der Waals surface area contributed by atoms with Crippen LogP contribution >= 0.6 is 23.2 Å². The second kappa shape index (κ2) is 8.26. The number of nitrogens with one attached hydrogen (secondary N) is 1. The summed E-state index contributed by atoms with van der Waals surface area (Å²) in [6.45, 7) is 3.57. The van der Waals surface area contributed by atoms with Crippen LogP contribution in [0.15, 0.2) is 24.5 Å². The minimum Gasteiger partial charge on any atom is -0.386 e. The summed E-state index contributed by atoms with van der Waals surface area (Å²) in [5.41, 5.74) is -0.179. The molecule has 4 atom stereocenters. The van der Waals surface area contributed by atoms with Gasteiger partial charge in [0.2, 0.25) is 5.95 Å². The summed E-state index contributed by atoms with van der Waals surface area (Å²) in [7, 11) is 0. The van der Waals surface area contributed by atoms with Crippen molar-refractivity contribution in [2.45, 2.75) is 50.4 Å². The Labute approximate surface area is 198 Å². The van der Waals surface area contributed by atoms with E-state index in [1.54, 1.807) is 19.9 Å². The molecule has 11 heteroatoms. The van der Waals surface area contributed by atoms with Gasteiger partial charge in [-0.1, -0.05) is 23.2 Å². The number of halogens is 3. The van der Waals surface area contributed by atoms with Gasteiger partial charge in [-0.05, 0) is 32.4 Å². The number of benzene rings is 1. The fourth-order valence-electron chi connectivity index (χ4n) is 4.13. The number of aliphatic hydroxyl groups is 2. The number of aromatic nitrogens is 3. The first-order chi connectivity index (χ1) is 15.6. The molecular weight excluding hydrogens is 474 g/mol. The molecule has 2 bridgehead atoms. The first-order valence-corrected chi connectivity index (χ1v) is 11.1. The third kappa shape index (κ3) is 4.14. The number of rotatable bonds is 4. The van der Waals surface area contributed by atoms with Gasteiger partial charge in [-0.2, -0.15) is 0 Å². The Balaban J connectivity index is 1.53. The molecule has 3 N–H and O–H groups in total. The van der Waals surface area contributed by atoms with E-state index in [0.717, 1.165) is 0 Å². The van der Waals surface area contributed by atoms with Crippen LogP contribution in [-0.2, 0) is 15.1 Å². The Morgan fingerprint density at radius 2 is 2.00 bits per heavy atom. The quantitative estimate of drug-likeness (QED) is 0.504. The first-order valence-electron chi connectivity index (χ1n) is 10.4. The highest BCUT2D eigenvalue weighted by atomic mass is 35.5. The van der Waals surface area contributed by atoms with E-state index in [-0.39, 0.29) is 39.4 Å². The van der Waals surface area contributed by atoms with Crippen molar-refractivity contribution in [2.75, 3.05) is 11.9 Å². The molecule has 5 rings (SSSR count). The molecule has 0 amide bonds. The van der Waals surface area contributed by atoms with Crippen LogP contribution in [0.3, 0.4) is 0 Å². The molecule has 2 saturated heterocycles. The van der Waals surface area contributed by atoms with Crippen molar-refractivity contribution >= 4 is 40.1 Å². The van der Waals surface area contributed by atoms with Gasteiger partial charge in [0.1, 0.15) is 17.4 Å². The van der Waals surface area contributed by atoms with Crippen molar-refractivity contribution in [3.05, 3.63) is 46.0 Å². The average Bonchev–Trinajstić information content (AvgIpc) is 3.16. The molecule has 174 valence electrons. The van der Waals surface area contributed by atoms with Gasteiger partial charge in [-0.25, -0.2) is 14.4 Å². The molecule has 0 spiro atoms. The molecule has 4 heterocycles. The molecule has 3 aromatic rings. The van der Waals surface area contributed by atoms with Crippen molar-refractivity contribution in [3.8, 4) is 11.3 Å². The molecule has 2 aliphatic rings. The third-order valence-electron chi connectivity index (χ3n) is 5.83. The standard InChI is InChI=1S/C22H21Cl2FN4O4/c1-22(2,31)12-6-26-18-11(16(12)24)3-9(4-14(18)25)17-13(23)7-27-21(29-17)28-15-5-10-8-32-20(33-10)19(15)30/h3-4,6-7,10,15,19-20,30-31H,5,8H2,1-2H3,(H,27,28,29)/t10-,15+,19-,20+/m0/s1. The fraction of sp³-hybridized carbons (Fsp3) is 0.409. The Hall–Kier alpha value is -2.14. The number of anilines is 1. The van der Waals surface area contributed by atoms with Gasteiger partial charge in [0.25, 0.3) is 0 Å². The molecule has 1 aromatic carbocycles. The van der Waals surface area contributed by atoms with Crippen LogP contribution in [0.2, 0.25) is 10.0 Å². The molecule has 8 nitrogen and oxygen atoms in total. The number of nitrogens with zero attached hydrogens (tertiary/aromatic N) is 3. The van der Waals surface area contributed by atoms with E-state index in [0.29, 0.717) is 29.5 Å². The molecule has 2 aliphatic heterocycles. The number of ether oxygens (including phenoxy) is 2. The zero-order valence-corrected chi connectivity index (χ0v) is 19.2. The predicted molar refractivity (Wildman–Crippen MR) is 121 cm³/mol. The lowest BCUT2D eigenvalue weighted by Crippen LogP contribution is -2.48. The van der Waals surface area contributed by atoms with E-state index in [4.69, 9.17) is 32.7 Å². The molecule has 0 unspecified atom stereocenters. The maximum Gasteiger partial charge on any atom is 0.223 e. The van der Waals surface area contributed by atoms with Gasteiger partial charge in [0.05, 0.1) is 46.3 Å². The van der Waals surface area contributed by atoms with E-state index in [1.165, 1.54) is 18.5 Å². The summed E-state index contributed by atoms with van der Waals surface area (Å²) in [6, 6.07) is 2.51. The molecular formula is C22H21Cl2FN4O4. The minimum absolute atomic E-state index is 0.0704. The van der Waals surface area contributed by atoms with Crippen LogP contribution in [0.25, 0.3) is 22.2 Å². The molecule has 0 saturated carbocycles. The lowest BCUT2D eigenvalue weighted by Gasteiger charge is -2.32. The summed E-state index contributed by atoms with van der Waals surface area (Å²) in [6.07, 6.45) is 1.58. The van der Waals surface area contributed by atoms with Crippen molar-refractivity contribution in [1.29, 1.82) is 0 Å². The van der Waals surface area contributed by atoms with Gasteiger partial charge >= 0.3 is 0 Å². The summed E-state index contributed by atoms with van der Waals surface area (Å²) >= 11 is 12.9. The highest BCUT2D eigenvalue weighted by Gasteiger charge is 2.43. The molecule has 0 radical (unpaired) electrons. The largest absolute Gasteiger partial charge is 0.386 e. The minimum atomic E-state index is -1.26. The van der Waals surface area contributed by atoms with Gasteiger partial charge < -0.3 is 25.0 Å². The van der Waals surface area contributed by atoms with Crippen LogP contribution in [0.1, 0.15) is 25.8 Å². The van der Waals surface area contributed by atoms with Gasteiger partial charge in [0.15, 0.2) is 6.29 Å². The summed E-state index contributed by atoms with van der Waals surface area (Å²) in [5, 5.41) is 24.7. The summed E-state index contributed by atoms with van der Waals surface area (Å²) in [5.74, 6) is -0.390. The number of fused-ring (bicyclic) bond motifs is 3. The maximum absolute atomic E-state index is 14.9. The predicted octanol–water partition coefficient (Wildman–Crippen LogP) is 3.65. The normalized spacial score (nSPS) is 24.9. The van der Waals surface area contributed by atoms with Crippen LogP contribution < -0.4 is 5.32 Å². The Bertz CT molecular complexity index is 1240. The lowest BCUT2D eigenvalue weighted by atomic mass is 9.97. The molecule has 33 heavy (non-hydrogen) atoms. The van der Waals surface area contributed by atoms with Gasteiger partial charge in [-0.3, -0.25) is 4.98 Å². The van der Waals surface area contributed by atoms with Gasteiger partial charge in [0, 0.05) is 22.7 Å². The molecule has 2 aromatic heterocycles. The highest BCUT2D eigenvalue weighted by Crippen LogP contribution is 2.37. The SMILES string of the molecule is CC(C)(O)c1cnc2c(F)cc(-c3nc(N[C@@H]4C[C@H]5CO[C@H](O5)[C@H]4O)ncc3Cl)cc2c1Cl. The van der Waals surface area contributed by atoms with Crippen molar-refractivity contribution in [2.24, 2.45) is 0 Å². The van der Waals surface area contributed by atoms with E-state index < -0.39 is 23.8 Å². The fourth-order valence-corrected chi connectivity index (χ4v) is 4.75. The van der Waals surface area contributed by atoms with Crippen molar-refractivity contribution < 1.29 is 24.1 Å². The number of hydrogen-bond acceptors (Lipinski definition) is 8. The maximum atomic E-state index is 14.9. The summed E-state index contributed by atoms with van der Waals surface area (Å²) < 4.78 is 25.9. The van der Waals surface area contributed by atoms with Crippen molar-refractivity contribution in [1.82, 2.24) is 15.0 Å². The van der Waals surface area contributed by atoms with E-state index in [2.05, 4.69) is 20.3 Å². The first kappa shape index (κ1) is 22.6. The Morgan fingerprint density at radius 1 is 1.21 bits per heavy atom. The second-order valence-corrected chi connectivity index (χ2v) is 9.51. The van der Waals surface area contributed by atoms with E-state index in [1.807, 2.05) is 0 Å². The van der Waals surface area contributed by atoms with Crippen LogP contribution in [0.5, 0.6) is 0 Å². The van der Waals surface area contributed by atoms with Gasteiger partial charge in [-0.15, -0.1) is 0 Å². The third-order valence-corrected chi connectivity index (χ3v) is 6.51. The number of pyridine rings is 1. The smallest absolute Gasteiger partial charge is 0.223 e. The highest BCUT2D eigenvalue weighted by molar-refractivity contribution is 6.36. The topological polar surface area (TPSA) is 110 Å². The van der Waals surface area contributed by atoms with Crippen LogP contribution in [-0.4, -0.2) is 56.3 Å². The number of aliphatic hydroxyl groups excluding tert-OH is 1.